The van der Waals surface area contributed by atoms with Crippen LogP contribution in [0.5, 0.6) is 0 Å². The van der Waals surface area contributed by atoms with Gasteiger partial charge in [0.1, 0.15) is 0 Å². The Labute approximate surface area is 181 Å². The van der Waals surface area contributed by atoms with Gasteiger partial charge in [-0.3, -0.25) is 4.79 Å². The van der Waals surface area contributed by atoms with Gasteiger partial charge in [0, 0.05) is 18.3 Å². The minimum Gasteiger partial charge on any atom is -0.479 e. The molecule has 1 aromatic heterocycles. The maximum Gasteiger partial charge on any atom is 0.335 e. The molecule has 0 unspecified atom stereocenters. The van der Waals surface area contributed by atoms with Crippen molar-refractivity contribution in [1.29, 1.82) is 0 Å². The first kappa shape index (κ1) is 20.8. The minimum atomic E-state index is -0.985. The first-order chi connectivity index (χ1) is 15.0. The van der Waals surface area contributed by atoms with Gasteiger partial charge in [-0.15, -0.1) is 0 Å². The van der Waals surface area contributed by atoms with Crippen LogP contribution >= 0.6 is 0 Å². The number of aromatic nitrogens is 1. The molecule has 1 heterocycles. The first-order valence-corrected chi connectivity index (χ1v) is 10.4. The molecule has 0 bridgehead atoms. The van der Waals surface area contributed by atoms with Crippen LogP contribution < -0.4 is 0 Å². The molecule has 1 N–H and O–H groups in total. The lowest BCUT2D eigenvalue weighted by atomic mass is 10.1. The zero-order valence-electron chi connectivity index (χ0n) is 17.5. The molecule has 158 valence electrons. The van der Waals surface area contributed by atoms with Crippen LogP contribution in [0.3, 0.4) is 0 Å². The normalized spacial score (nSPS) is 14.6. The number of aryl methyl sites for hydroxylation is 1. The molecule has 1 aliphatic carbocycles. The number of aliphatic carboxylic acids is 1. The topological polar surface area (TPSA) is 68.5 Å². The summed E-state index contributed by atoms with van der Waals surface area (Å²) in [6, 6.07) is 19.1. The van der Waals surface area contributed by atoms with Crippen molar-refractivity contribution in [2.75, 3.05) is 0 Å². The highest BCUT2D eigenvalue weighted by Gasteiger charge is 2.51. The minimum absolute atomic E-state index is 0.00461. The fourth-order valence-corrected chi connectivity index (χ4v) is 3.48. The lowest BCUT2D eigenvalue weighted by Gasteiger charge is -2.11. The predicted octanol–water partition coefficient (Wildman–Crippen LogP) is 4.87. The van der Waals surface area contributed by atoms with Crippen molar-refractivity contribution in [3.05, 3.63) is 101 Å². The van der Waals surface area contributed by atoms with Crippen molar-refractivity contribution in [1.82, 2.24) is 4.57 Å². The van der Waals surface area contributed by atoms with Crippen molar-refractivity contribution in [3.63, 3.8) is 0 Å². The molecule has 1 aliphatic rings. The molecule has 5 nitrogen and oxygen atoms in total. The van der Waals surface area contributed by atoms with Gasteiger partial charge in [0.25, 0.3) is 0 Å². The second-order valence-corrected chi connectivity index (χ2v) is 7.98. The Kier molecular flexibility index (Phi) is 5.87. The summed E-state index contributed by atoms with van der Waals surface area (Å²) in [6.45, 7) is 2.85. The summed E-state index contributed by atoms with van der Waals surface area (Å²) >= 11 is 0. The van der Waals surface area contributed by atoms with Crippen molar-refractivity contribution >= 4 is 17.8 Å². The number of carbonyl (C=O) groups is 2. The number of benzene rings is 2. The van der Waals surface area contributed by atoms with Crippen LogP contribution in [-0.4, -0.2) is 27.0 Å². The fourth-order valence-electron chi connectivity index (χ4n) is 3.48. The number of rotatable bonds is 9. The predicted molar refractivity (Wildman–Crippen MR) is 119 cm³/mol. The standard InChI is InChI=1S/C26H25NO4/c1-19-9-11-22(12-10-19)24(28)23-8-4-16-27(23)15-3-7-20-5-2-6-21(17-20)18-31-26(13-14-26)25(29)30/h2-12,16-17H,13-15,18H2,1H3,(H,29,30). The van der Waals surface area contributed by atoms with E-state index in [1.165, 1.54) is 0 Å². The molecule has 0 saturated heterocycles. The molecule has 2 aromatic carbocycles. The van der Waals surface area contributed by atoms with Gasteiger partial charge < -0.3 is 14.4 Å². The second kappa shape index (κ2) is 8.74. The smallest absolute Gasteiger partial charge is 0.335 e. The Bertz CT molecular complexity index is 1120. The Morgan fingerprint density at radius 1 is 1.10 bits per heavy atom. The molecule has 0 amide bonds. The molecule has 31 heavy (non-hydrogen) atoms. The van der Waals surface area contributed by atoms with E-state index >= 15 is 0 Å². The molecule has 4 rings (SSSR count). The number of allylic oxidation sites excluding steroid dienone is 1. The maximum atomic E-state index is 12.8. The number of nitrogens with zero attached hydrogens (tertiary/aromatic N) is 1. The summed E-state index contributed by atoms with van der Waals surface area (Å²) in [7, 11) is 0. The van der Waals surface area contributed by atoms with Crippen LogP contribution in [0.15, 0.2) is 72.9 Å². The summed E-state index contributed by atoms with van der Waals surface area (Å²) in [6.07, 6.45) is 7.04. The average molecular weight is 415 g/mol. The lowest BCUT2D eigenvalue weighted by Crippen LogP contribution is -2.25. The van der Waals surface area contributed by atoms with E-state index in [1.54, 1.807) is 0 Å². The average Bonchev–Trinajstić information content (AvgIpc) is 3.43. The van der Waals surface area contributed by atoms with Gasteiger partial charge in [0.2, 0.25) is 5.78 Å². The number of carboxylic acids is 1. The highest BCUT2D eigenvalue weighted by Crippen LogP contribution is 2.40. The van der Waals surface area contributed by atoms with Crippen LogP contribution in [0.2, 0.25) is 0 Å². The van der Waals surface area contributed by atoms with E-state index < -0.39 is 11.6 Å². The molecule has 0 aliphatic heterocycles. The second-order valence-electron chi connectivity index (χ2n) is 7.98. The molecule has 1 fully saturated rings. The number of ketones is 1. The van der Waals surface area contributed by atoms with Gasteiger partial charge >= 0.3 is 5.97 Å². The molecule has 1 saturated carbocycles. The zero-order chi connectivity index (χ0) is 21.8. The zero-order valence-corrected chi connectivity index (χ0v) is 17.5. The van der Waals surface area contributed by atoms with E-state index in [-0.39, 0.29) is 12.4 Å². The van der Waals surface area contributed by atoms with E-state index in [4.69, 9.17) is 4.74 Å². The van der Waals surface area contributed by atoms with Crippen molar-refractivity contribution < 1.29 is 19.4 Å². The highest BCUT2D eigenvalue weighted by molar-refractivity contribution is 6.08. The number of carboxylic acid groups (broad SMARTS) is 1. The lowest BCUT2D eigenvalue weighted by molar-refractivity contribution is -0.154. The Balaban J connectivity index is 1.39. The van der Waals surface area contributed by atoms with Crippen molar-refractivity contribution in [2.24, 2.45) is 0 Å². The third-order valence-corrected chi connectivity index (χ3v) is 5.55. The van der Waals surface area contributed by atoms with Crippen LogP contribution in [0.1, 0.15) is 45.6 Å². The monoisotopic (exact) mass is 415 g/mol. The molecule has 0 spiro atoms. The van der Waals surface area contributed by atoms with E-state index in [2.05, 4.69) is 0 Å². The van der Waals surface area contributed by atoms with Gasteiger partial charge in [-0.05, 0) is 49.1 Å². The van der Waals surface area contributed by atoms with Crippen LogP contribution in [-0.2, 0) is 22.7 Å². The fraction of sp³-hybridized carbons (Fsp3) is 0.231. The molecule has 5 heteroatoms. The highest BCUT2D eigenvalue weighted by atomic mass is 16.5. The summed E-state index contributed by atoms with van der Waals surface area (Å²) < 4.78 is 7.56. The number of hydrogen-bond donors (Lipinski definition) is 1. The number of carbonyl (C=O) groups excluding carboxylic acids is 1. The van der Waals surface area contributed by atoms with E-state index in [0.29, 0.717) is 30.6 Å². The summed E-state index contributed by atoms with van der Waals surface area (Å²) in [5.74, 6) is -0.878. The van der Waals surface area contributed by atoms with Crippen molar-refractivity contribution in [3.8, 4) is 0 Å². The van der Waals surface area contributed by atoms with E-state index in [9.17, 15) is 14.7 Å². The molecular weight excluding hydrogens is 390 g/mol. The van der Waals surface area contributed by atoms with E-state index in [1.807, 2.05) is 90.5 Å². The maximum absolute atomic E-state index is 12.8. The quantitative estimate of drug-likeness (QED) is 0.506. The summed E-state index contributed by atoms with van der Waals surface area (Å²) in [5.41, 5.74) is 3.40. The van der Waals surface area contributed by atoms with Crippen LogP contribution in [0, 0.1) is 6.92 Å². The Hall–Kier alpha value is -3.44. The van der Waals surface area contributed by atoms with Gasteiger partial charge in [0.15, 0.2) is 5.60 Å². The molecule has 0 atom stereocenters. The Morgan fingerprint density at radius 2 is 1.87 bits per heavy atom. The van der Waals surface area contributed by atoms with Gasteiger partial charge in [-0.2, -0.15) is 0 Å². The van der Waals surface area contributed by atoms with Gasteiger partial charge in [-0.25, -0.2) is 4.79 Å². The third-order valence-electron chi connectivity index (χ3n) is 5.55. The molecule has 3 aromatic rings. The van der Waals surface area contributed by atoms with E-state index in [0.717, 1.165) is 16.7 Å². The van der Waals surface area contributed by atoms with Crippen molar-refractivity contribution in [2.45, 2.75) is 38.5 Å². The summed E-state index contributed by atoms with van der Waals surface area (Å²) in [4.78, 5) is 24.1. The van der Waals surface area contributed by atoms with Crippen LogP contribution in [0.25, 0.3) is 6.08 Å². The van der Waals surface area contributed by atoms with Crippen LogP contribution in [0.4, 0.5) is 0 Å². The summed E-state index contributed by atoms with van der Waals surface area (Å²) in [5, 5.41) is 9.23. The molecular formula is C26H25NO4. The third kappa shape index (κ3) is 4.84. The number of hydrogen-bond acceptors (Lipinski definition) is 3. The molecule has 0 radical (unpaired) electrons. The first-order valence-electron chi connectivity index (χ1n) is 10.4. The van der Waals surface area contributed by atoms with Gasteiger partial charge in [-0.1, -0.05) is 60.2 Å². The SMILES string of the molecule is Cc1ccc(C(=O)c2cccn2CC=Cc2cccc(COC3(C(=O)O)CC3)c2)cc1. The Morgan fingerprint density at radius 3 is 2.58 bits per heavy atom. The number of ether oxygens (including phenoxy) is 1. The van der Waals surface area contributed by atoms with Gasteiger partial charge in [0.05, 0.1) is 12.3 Å². The largest absolute Gasteiger partial charge is 0.479 e.